The van der Waals surface area contributed by atoms with E-state index >= 15 is 0 Å². The molecule has 1 atom stereocenters. The molecule has 2 heterocycles. The number of ether oxygens (including phenoxy) is 1. The molecule has 1 aliphatic heterocycles. The summed E-state index contributed by atoms with van der Waals surface area (Å²) < 4.78 is 5.52. The Morgan fingerprint density at radius 2 is 2.03 bits per heavy atom. The molecule has 3 rings (SSSR count). The first kappa shape index (κ1) is 22.6. The molecular formula is C25H31NO3S. The standard InChI is InChI=1S/C25H31NO3S/c1-4-29-23(27)25(17-20-9-6-5-7-10-20)14-8-16-26(19-25)18-22-12-11-21(30-22)13-15-24(2,3)28/h5-7,9-12,28H,4,8,14,16-19H2,1-3H3. The zero-order chi connectivity index (χ0) is 21.6. The molecule has 1 N–H and O–H groups in total. The fourth-order valence-corrected chi connectivity index (χ4v) is 4.88. The van der Waals surface area contributed by atoms with E-state index in [1.54, 1.807) is 25.2 Å². The number of piperidine rings is 1. The molecule has 1 fully saturated rings. The molecule has 5 heteroatoms. The van der Waals surface area contributed by atoms with Crippen LogP contribution in [0.25, 0.3) is 0 Å². The van der Waals surface area contributed by atoms with Crippen LogP contribution >= 0.6 is 11.3 Å². The van der Waals surface area contributed by atoms with Crippen LogP contribution in [0.4, 0.5) is 0 Å². The molecule has 2 aromatic rings. The minimum absolute atomic E-state index is 0.0820. The van der Waals surface area contributed by atoms with Gasteiger partial charge in [-0.05, 0) is 64.3 Å². The van der Waals surface area contributed by atoms with Crippen LogP contribution in [-0.2, 0) is 22.5 Å². The summed E-state index contributed by atoms with van der Waals surface area (Å²) in [6.45, 7) is 8.11. The molecule has 0 amide bonds. The summed E-state index contributed by atoms with van der Waals surface area (Å²) in [6.07, 6.45) is 2.53. The smallest absolute Gasteiger partial charge is 0.313 e. The average Bonchev–Trinajstić information content (AvgIpc) is 3.14. The number of benzene rings is 1. The molecule has 1 aromatic carbocycles. The number of aliphatic hydroxyl groups is 1. The van der Waals surface area contributed by atoms with Crippen molar-refractivity contribution in [1.29, 1.82) is 0 Å². The first-order valence-electron chi connectivity index (χ1n) is 10.6. The van der Waals surface area contributed by atoms with Gasteiger partial charge >= 0.3 is 5.97 Å². The Kier molecular flexibility index (Phi) is 7.36. The van der Waals surface area contributed by atoms with Crippen LogP contribution in [0.3, 0.4) is 0 Å². The van der Waals surface area contributed by atoms with Crippen molar-refractivity contribution < 1.29 is 14.6 Å². The highest BCUT2D eigenvalue weighted by Gasteiger charge is 2.43. The Morgan fingerprint density at radius 1 is 1.27 bits per heavy atom. The number of likely N-dealkylation sites (tertiary alicyclic amines) is 1. The number of hydrogen-bond donors (Lipinski definition) is 1. The zero-order valence-corrected chi connectivity index (χ0v) is 18.9. The largest absolute Gasteiger partial charge is 0.466 e. The highest BCUT2D eigenvalue weighted by molar-refractivity contribution is 7.12. The van der Waals surface area contributed by atoms with E-state index in [4.69, 9.17) is 4.74 Å². The number of carbonyl (C=O) groups is 1. The predicted molar refractivity (Wildman–Crippen MR) is 121 cm³/mol. The van der Waals surface area contributed by atoms with Gasteiger partial charge in [-0.15, -0.1) is 11.3 Å². The lowest BCUT2D eigenvalue weighted by Crippen LogP contribution is -2.49. The number of rotatable bonds is 6. The number of esters is 1. The van der Waals surface area contributed by atoms with Crippen LogP contribution < -0.4 is 0 Å². The van der Waals surface area contributed by atoms with Crippen molar-refractivity contribution >= 4 is 17.3 Å². The third kappa shape index (κ3) is 6.18. The van der Waals surface area contributed by atoms with Crippen molar-refractivity contribution in [1.82, 2.24) is 4.90 Å². The molecule has 1 saturated heterocycles. The second-order valence-electron chi connectivity index (χ2n) is 8.55. The SMILES string of the molecule is CCOC(=O)C1(Cc2ccccc2)CCCN(Cc2ccc(C#CC(C)(C)O)s2)C1. The minimum atomic E-state index is -0.992. The van der Waals surface area contributed by atoms with Gasteiger partial charge in [0.15, 0.2) is 0 Å². The third-order valence-corrected chi connectivity index (χ3v) is 6.27. The van der Waals surface area contributed by atoms with Gasteiger partial charge < -0.3 is 9.84 Å². The number of hydrogen-bond acceptors (Lipinski definition) is 5. The molecule has 1 aromatic heterocycles. The lowest BCUT2D eigenvalue weighted by molar-refractivity contribution is -0.159. The number of carbonyl (C=O) groups excluding carboxylic acids is 1. The fourth-order valence-electron chi connectivity index (χ4n) is 3.98. The van der Waals surface area contributed by atoms with Crippen LogP contribution in [0.2, 0.25) is 0 Å². The maximum atomic E-state index is 13.0. The Balaban J connectivity index is 1.74. The first-order chi connectivity index (χ1) is 14.3. The van der Waals surface area contributed by atoms with Crippen LogP contribution in [0.5, 0.6) is 0 Å². The zero-order valence-electron chi connectivity index (χ0n) is 18.1. The summed E-state index contributed by atoms with van der Waals surface area (Å²) in [5.41, 5.74) is -0.322. The van der Waals surface area contributed by atoms with Gasteiger partial charge in [0.1, 0.15) is 5.60 Å². The lowest BCUT2D eigenvalue weighted by Gasteiger charge is -2.41. The summed E-state index contributed by atoms with van der Waals surface area (Å²) in [4.78, 5) is 17.5. The predicted octanol–water partition coefficient (Wildman–Crippen LogP) is 4.26. The van der Waals surface area contributed by atoms with E-state index in [0.717, 1.165) is 30.8 Å². The van der Waals surface area contributed by atoms with Crippen molar-refractivity contribution in [3.8, 4) is 11.8 Å². The monoisotopic (exact) mass is 425 g/mol. The molecule has 30 heavy (non-hydrogen) atoms. The highest BCUT2D eigenvalue weighted by atomic mass is 32.1. The van der Waals surface area contributed by atoms with Crippen molar-refractivity contribution in [2.24, 2.45) is 5.41 Å². The fraction of sp³-hybridized carbons (Fsp3) is 0.480. The molecule has 160 valence electrons. The Labute approximate surface area is 183 Å². The Bertz CT molecular complexity index is 904. The summed E-state index contributed by atoms with van der Waals surface area (Å²) in [5.74, 6) is 5.84. The third-order valence-electron chi connectivity index (χ3n) is 5.28. The molecule has 0 bridgehead atoms. The lowest BCUT2D eigenvalue weighted by atomic mass is 9.75. The molecular weight excluding hydrogens is 394 g/mol. The van der Waals surface area contributed by atoms with Gasteiger partial charge in [0.05, 0.1) is 16.9 Å². The number of thiophene rings is 1. The van der Waals surface area contributed by atoms with E-state index in [1.807, 2.05) is 31.2 Å². The second kappa shape index (κ2) is 9.78. The summed E-state index contributed by atoms with van der Waals surface area (Å²) in [7, 11) is 0. The normalized spacial score (nSPS) is 19.7. The van der Waals surface area contributed by atoms with Crippen molar-refractivity contribution in [2.45, 2.75) is 52.2 Å². The molecule has 0 saturated carbocycles. The minimum Gasteiger partial charge on any atom is -0.466 e. The van der Waals surface area contributed by atoms with E-state index in [9.17, 15) is 9.90 Å². The topological polar surface area (TPSA) is 49.8 Å². The summed E-state index contributed by atoms with van der Waals surface area (Å²) in [5, 5.41) is 9.80. The highest BCUT2D eigenvalue weighted by Crippen LogP contribution is 2.36. The maximum absolute atomic E-state index is 13.0. The summed E-state index contributed by atoms with van der Waals surface area (Å²) in [6, 6.07) is 14.3. The first-order valence-corrected chi connectivity index (χ1v) is 11.4. The van der Waals surface area contributed by atoms with Crippen LogP contribution in [0.1, 0.15) is 48.9 Å². The van der Waals surface area contributed by atoms with E-state index in [2.05, 4.69) is 34.9 Å². The van der Waals surface area contributed by atoms with Gasteiger partial charge in [0.2, 0.25) is 0 Å². The molecule has 1 unspecified atom stereocenters. The second-order valence-corrected chi connectivity index (χ2v) is 9.72. The van der Waals surface area contributed by atoms with Crippen molar-refractivity contribution in [3.63, 3.8) is 0 Å². The number of nitrogens with zero attached hydrogens (tertiary/aromatic N) is 1. The van der Waals surface area contributed by atoms with Crippen molar-refractivity contribution in [2.75, 3.05) is 19.7 Å². The van der Waals surface area contributed by atoms with Gasteiger partial charge in [0, 0.05) is 18.0 Å². The van der Waals surface area contributed by atoms with Gasteiger partial charge in [0.25, 0.3) is 0 Å². The Morgan fingerprint density at radius 3 is 2.73 bits per heavy atom. The summed E-state index contributed by atoms with van der Waals surface area (Å²) >= 11 is 1.65. The molecule has 0 aliphatic carbocycles. The maximum Gasteiger partial charge on any atom is 0.313 e. The molecule has 0 radical (unpaired) electrons. The van der Waals surface area contributed by atoms with Crippen LogP contribution in [0.15, 0.2) is 42.5 Å². The molecule has 4 nitrogen and oxygen atoms in total. The molecule has 1 aliphatic rings. The van der Waals surface area contributed by atoms with Crippen LogP contribution in [-0.4, -0.2) is 41.3 Å². The van der Waals surface area contributed by atoms with E-state index < -0.39 is 11.0 Å². The average molecular weight is 426 g/mol. The van der Waals surface area contributed by atoms with Gasteiger partial charge in [-0.25, -0.2) is 0 Å². The molecule has 0 spiro atoms. The van der Waals surface area contributed by atoms with Gasteiger partial charge in [-0.3, -0.25) is 9.69 Å². The van der Waals surface area contributed by atoms with Gasteiger partial charge in [-0.2, -0.15) is 0 Å². The van der Waals surface area contributed by atoms with Crippen molar-refractivity contribution in [3.05, 3.63) is 57.8 Å². The quantitative estimate of drug-likeness (QED) is 0.555. The van der Waals surface area contributed by atoms with Crippen LogP contribution in [0, 0.1) is 17.3 Å². The Hall–Kier alpha value is -2.13. The van der Waals surface area contributed by atoms with E-state index in [-0.39, 0.29) is 5.97 Å². The van der Waals surface area contributed by atoms with E-state index in [0.29, 0.717) is 19.6 Å². The van der Waals surface area contributed by atoms with Gasteiger partial charge in [-0.1, -0.05) is 42.2 Å². The van der Waals surface area contributed by atoms with E-state index in [1.165, 1.54) is 10.4 Å².